The van der Waals surface area contributed by atoms with E-state index in [1.165, 1.54) is 0 Å². The highest BCUT2D eigenvalue weighted by atomic mass is 16.4. The number of hydrogen-bond acceptors (Lipinski definition) is 2. The maximum absolute atomic E-state index is 11.8. The summed E-state index contributed by atoms with van der Waals surface area (Å²) >= 11 is 0. The summed E-state index contributed by atoms with van der Waals surface area (Å²) in [7, 11) is 0. The summed E-state index contributed by atoms with van der Waals surface area (Å²) in [6.45, 7) is 6.89. The molecule has 18 heavy (non-hydrogen) atoms. The Morgan fingerprint density at radius 2 is 1.83 bits per heavy atom. The molecule has 1 rings (SSSR count). The Balaban J connectivity index is 2.66. The molecular formula is C14H23NO3. The third-order valence-corrected chi connectivity index (χ3v) is 3.63. The van der Waals surface area contributed by atoms with Crippen molar-refractivity contribution in [1.29, 1.82) is 0 Å². The van der Waals surface area contributed by atoms with Crippen molar-refractivity contribution in [2.24, 2.45) is 5.41 Å². The van der Waals surface area contributed by atoms with Gasteiger partial charge < -0.3 is 10.0 Å². The number of carboxylic acids is 1. The highest BCUT2D eigenvalue weighted by Gasteiger charge is 2.41. The Bertz CT molecular complexity index is 348. The lowest BCUT2D eigenvalue weighted by molar-refractivity contribution is -0.154. The quantitative estimate of drug-likeness (QED) is 0.783. The summed E-state index contributed by atoms with van der Waals surface area (Å²) in [5.74, 6) is -0.704. The molecule has 0 aromatic rings. The lowest BCUT2D eigenvalue weighted by Gasteiger charge is -2.38. The van der Waals surface area contributed by atoms with E-state index in [2.05, 4.69) is 0 Å². The molecule has 1 fully saturated rings. The first kappa shape index (κ1) is 14.7. The van der Waals surface area contributed by atoms with Crippen molar-refractivity contribution in [3.63, 3.8) is 0 Å². The van der Waals surface area contributed by atoms with Gasteiger partial charge >= 0.3 is 5.97 Å². The van der Waals surface area contributed by atoms with Gasteiger partial charge in [-0.2, -0.15) is 0 Å². The molecule has 1 heterocycles. The van der Waals surface area contributed by atoms with Gasteiger partial charge in [0.25, 0.3) is 0 Å². The lowest BCUT2D eigenvalue weighted by Crippen LogP contribution is -2.46. The number of aliphatic carboxylic acids is 1. The Hall–Kier alpha value is -1.32. The molecule has 0 spiro atoms. The number of rotatable bonds is 4. The van der Waals surface area contributed by atoms with Crippen LogP contribution < -0.4 is 0 Å². The van der Waals surface area contributed by atoms with Crippen LogP contribution in [-0.4, -0.2) is 35.0 Å². The van der Waals surface area contributed by atoms with Crippen molar-refractivity contribution in [3.05, 3.63) is 11.6 Å². The Morgan fingerprint density at radius 3 is 2.22 bits per heavy atom. The fourth-order valence-electron chi connectivity index (χ4n) is 2.54. The first-order valence-corrected chi connectivity index (χ1v) is 6.58. The molecule has 4 nitrogen and oxygen atoms in total. The van der Waals surface area contributed by atoms with Gasteiger partial charge in [0.05, 0.1) is 5.41 Å². The third kappa shape index (κ3) is 3.34. The van der Waals surface area contributed by atoms with Gasteiger partial charge in [-0.15, -0.1) is 0 Å². The number of hydrogen-bond donors (Lipinski definition) is 1. The fraction of sp³-hybridized carbons (Fsp3) is 0.714. The molecule has 1 aliphatic rings. The zero-order valence-electron chi connectivity index (χ0n) is 11.5. The lowest BCUT2D eigenvalue weighted by atomic mass is 9.75. The van der Waals surface area contributed by atoms with Crippen LogP contribution in [0.2, 0.25) is 0 Å². The van der Waals surface area contributed by atoms with Crippen LogP contribution in [0, 0.1) is 5.41 Å². The van der Waals surface area contributed by atoms with Crippen molar-refractivity contribution in [2.45, 2.75) is 46.5 Å². The first-order valence-electron chi connectivity index (χ1n) is 6.58. The minimum atomic E-state index is -0.710. The van der Waals surface area contributed by atoms with Crippen molar-refractivity contribution in [2.75, 3.05) is 13.1 Å². The molecule has 0 radical (unpaired) electrons. The van der Waals surface area contributed by atoms with Gasteiger partial charge in [0, 0.05) is 19.2 Å². The Morgan fingerprint density at radius 1 is 1.28 bits per heavy atom. The van der Waals surface area contributed by atoms with Crippen molar-refractivity contribution < 1.29 is 14.7 Å². The molecule has 0 unspecified atom stereocenters. The zero-order chi connectivity index (χ0) is 13.8. The number of carbonyl (C=O) groups excluding carboxylic acids is 1. The predicted octanol–water partition coefficient (Wildman–Crippen LogP) is 2.45. The topological polar surface area (TPSA) is 57.6 Å². The van der Waals surface area contributed by atoms with Gasteiger partial charge in [-0.1, -0.05) is 18.9 Å². The molecule has 1 saturated heterocycles. The number of piperidine rings is 1. The van der Waals surface area contributed by atoms with E-state index in [0.717, 1.165) is 12.0 Å². The summed E-state index contributed by atoms with van der Waals surface area (Å²) in [5.41, 5.74) is 0.361. The van der Waals surface area contributed by atoms with Gasteiger partial charge in [-0.25, -0.2) is 0 Å². The van der Waals surface area contributed by atoms with E-state index < -0.39 is 11.4 Å². The summed E-state index contributed by atoms with van der Waals surface area (Å²) in [4.78, 5) is 25.0. The first-order chi connectivity index (χ1) is 8.41. The molecule has 1 aliphatic heterocycles. The third-order valence-electron chi connectivity index (χ3n) is 3.63. The summed E-state index contributed by atoms with van der Waals surface area (Å²) < 4.78 is 0. The predicted molar refractivity (Wildman–Crippen MR) is 70.2 cm³/mol. The highest BCUT2D eigenvalue weighted by Crippen LogP contribution is 2.36. The van der Waals surface area contributed by atoms with Gasteiger partial charge in [0.1, 0.15) is 0 Å². The zero-order valence-corrected chi connectivity index (χ0v) is 11.5. The molecule has 0 aromatic carbocycles. The Labute approximate surface area is 109 Å². The molecule has 0 saturated carbocycles. The van der Waals surface area contributed by atoms with Crippen LogP contribution in [0.15, 0.2) is 11.6 Å². The summed E-state index contributed by atoms with van der Waals surface area (Å²) in [6.07, 6.45) is 4.33. The monoisotopic (exact) mass is 253 g/mol. The molecule has 4 heteroatoms. The van der Waals surface area contributed by atoms with Gasteiger partial charge in [-0.05, 0) is 33.1 Å². The van der Waals surface area contributed by atoms with Crippen LogP contribution >= 0.6 is 0 Å². The van der Waals surface area contributed by atoms with Crippen LogP contribution in [0.1, 0.15) is 46.5 Å². The number of carboxylic acid groups (broad SMARTS) is 1. The molecule has 1 amide bonds. The average molecular weight is 253 g/mol. The fourth-order valence-corrected chi connectivity index (χ4v) is 2.54. The maximum atomic E-state index is 11.8. The number of nitrogens with zero attached hydrogens (tertiary/aromatic N) is 1. The number of amides is 1. The molecule has 0 aromatic heterocycles. The van der Waals surface area contributed by atoms with Crippen molar-refractivity contribution >= 4 is 11.9 Å². The van der Waals surface area contributed by atoms with Gasteiger partial charge in [0.15, 0.2) is 0 Å². The van der Waals surface area contributed by atoms with Crippen LogP contribution in [0.25, 0.3) is 0 Å². The second-order valence-electron chi connectivity index (χ2n) is 5.38. The van der Waals surface area contributed by atoms with Gasteiger partial charge in [0.2, 0.25) is 5.91 Å². The maximum Gasteiger partial charge on any atom is 0.309 e. The van der Waals surface area contributed by atoms with E-state index in [1.54, 1.807) is 11.0 Å². The van der Waals surface area contributed by atoms with E-state index in [1.807, 2.05) is 20.8 Å². The number of likely N-dealkylation sites (tertiary alicyclic amines) is 1. The molecule has 0 aliphatic carbocycles. The van der Waals surface area contributed by atoms with Crippen LogP contribution in [-0.2, 0) is 9.59 Å². The minimum Gasteiger partial charge on any atom is -0.481 e. The molecule has 0 atom stereocenters. The van der Waals surface area contributed by atoms with Crippen molar-refractivity contribution in [3.8, 4) is 0 Å². The Kier molecular flexibility index (Phi) is 4.93. The highest BCUT2D eigenvalue weighted by molar-refractivity contribution is 5.88. The molecule has 0 bridgehead atoms. The minimum absolute atomic E-state index is 0.00508. The second kappa shape index (κ2) is 6.03. The molecule has 1 N–H and O–H groups in total. The summed E-state index contributed by atoms with van der Waals surface area (Å²) in [6, 6.07) is 0. The van der Waals surface area contributed by atoms with E-state index in [-0.39, 0.29) is 5.91 Å². The number of allylic oxidation sites excluding steroid dienone is 1. The largest absolute Gasteiger partial charge is 0.481 e. The van der Waals surface area contributed by atoms with E-state index in [9.17, 15) is 14.7 Å². The standard InChI is InChI=1S/C14H23NO3/c1-4-5-14(13(17)18)6-8-15(9-7-14)12(16)10-11(2)3/h10H,4-9H2,1-3H3,(H,17,18). The van der Waals surface area contributed by atoms with E-state index in [4.69, 9.17) is 0 Å². The van der Waals surface area contributed by atoms with Crippen LogP contribution in [0.4, 0.5) is 0 Å². The van der Waals surface area contributed by atoms with E-state index in [0.29, 0.717) is 32.4 Å². The van der Waals surface area contributed by atoms with Gasteiger partial charge in [-0.3, -0.25) is 9.59 Å². The van der Waals surface area contributed by atoms with Crippen LogP contribution in [0.3, 0.4) is 0 Å². The SMILES string of the molecule is CCCC1(C(=O)O)CCN(C(=O)C=C(C)C)CC1. The average Bonchev–Trinajstić information content (AvgIpc) is 2.29. The second-order valence-corrected chi connectivity index (χ2v) is 5.38. The van der Waals surface area contributed by atoms with Crippen LogP contribution in [0.5, 0.6) is 0 Å². The van der Waals surface area contributed by atoms with E-state index >= 15 is 0 Å². The molecular weight excluding hydrogens is 230 g/mol. The van der Waals surface area contributed by atoms with Crippen molar-refractivity contribution in [1.82, 2.24) is 4.90 Å². The normalized spacial score (nSPS) is 18.3. The molecule has 102 valence electrons. The summed E-state index contributed by atoms with van der Waals surface area (Å²) in [5, 5.41) is 9.37. The number of carbonyl (C=O) groups is 2. The smallest absolute Gasteiger partial charge is 0.309 e.